The molecule has 68 valence electrons. The molecule has 1 aliphatic carbocycles. The Morgan fingerprint density at radius 2 is 2.17 bits per heavy atom. The van der Waals surface area contributed by atoms with Crippen molar-refractivity contribution in [2.75, 3.05) is 0 Å². The molecule has 12 heavy (non-hydrogen) atoms. The van der Waals surface area contributed by atoms with Gasteiger partial charge < -0.3 is 0 Å². The maximum atomic E-state index is 4.02. The zero-order valence-corrected chi connectivity index (χ0v) is 8.40. The maximum Gasteiger partial charge on any atom is -0.0280 e. The molecule has 1 fully saturated rings. The Morgan fingerprint density at radius 1 is 1.50 bits per heavy atom. The summed E-state index contributed by atoms with van der Waals surface area (Å²) in [4.78, 5) is 0. The molecule has 0 aromatic heterocycles. The molecule has 0 saturated heterocycles. The molecule has 0 amide bonds. The molecule has 0 spiro atoms. The largest absolute Gasteiger partial charge is 0.0958 e. The Morgan fingerprint density at radius 3 is 2.58 bits per heavy atom. The van der Waals surface area contributed by atoms with E-state index in [0.29, 0.717) is 5.41 Å². The normalized spacial score (nSPS) is 20.8. The molecule has 0 aromatic carbocycles. The molecular weight excluding hydrogens is 144 g/mol. The lowest BCUT2D eigenvalue weighted by molar-refractivity contribution is 0.147. The Bertz CT molecular complexity index is 182. The maximum absolute atomic E-state index is 4.02. The van der Waals surface area contributed by atoms with E-state index in [0.717, 1.165) is 0 Å². The van der Waals surface area contributed by atoms with E-state index in [-0.39, 0.29) is 0 Å². The molecule has 0 nitrogen and oxygen atoms in total. The smallest absolute Gasteiger partial charge is 0.0280 e. The van der Waals surface area contributed by atoms with Gasteiger partial charge >= 0.3 is 0 Å². The zero-order valence-electron chi connectivity index (χ0n) is 8.40. The first-order chi connectivity index (χ1) is 5.66. The zero-order chi connectivity index (χ0) is 9.03. The van der Waals surface area contributed by atoms with Crippen molar-refractivity contribution in [2.45, 2.75) is 46.0 Å². The first kappa shape index (κ1) is 9.57. The minimum Gasteiger partial charge on any atom is -0.0958 e. The predicted octanol–water partition coefficient (Wildman–Crippen LogP) is 4.09. The Kier molecular flexibility index (Phi) is 3.13. The van der Waals surface area contributed by atoms with Crippen LogP contribution >= 0.6 is 0 Å². The molecule has 1 aliphatic rings. The second kappa shape index (κ2) is 3.93. The van der Waals surface area contributed by atoms with E-state index in [9.17, 15) is 0 Å². The molecule has 0 unspecified atom stereocenters. The summed E-state index contributed by atoms with van der Waals surface area (Å²) in [6, 6.07) is 0. The van der Waals surface area contributed by atoms with Crippen LogP contribution in [0.25, 0.3) is 0 Å². The monoisotopic (exact) mass is 164 g/mol. The molecule has 0 aliphatic heterocycles. The van der Waals surface area contributed by atoms with Gasteiger partial charge in [-0.3, -0.25) is 0 Å². The minimum atomic E-state index is 0.657. The number of rotatable bonds is 4. The van der Waals surface area contributed by atoms with Crippen LogP contribution in [0, 0.1) is 5.41 Å². The summed E-state index contributed by atoms with van der Waals surface area (Å²) in [6.07, 6.45) is 11.0. The van der Waals surface area contributed by atoms with Crippen LogP contribution in [-0.2, 0) is 0 Å². The summed E-state index contributed by atoms with van der Waals surface area (Å²) in [5.74, 6) is 0. The van der Waals surface area contributed by atoms with Gasteiger partial charge in [0, 0.05) is 0 Å². The Labute approximate surface area is 76.4 Å². The highest BCUT2D eigenvalue weighted by Gasteiger charge is 2.30. The average Bonchev–Trinajstić information content (AvgIpc) is 1.98. The van der Waals surface area contributed by atoms with E-state index in [1.807, 2.05) is 0 Å². The van der Waals surface area contributed by atoms with E-state index < -0.39 is 0 Å². The summed E-state index contributed by atoms with van der Waals surface area (Å²) in [5, 5.41) is 0. The van der Waals surface area contributed by atoms with Crippen molar-refractivity contribution < 1.29 is 0 Å². The lowest BCUT2D eigenvalue weighted by Gasteiger charge is -2.38. The van der Waals surface area contributed by atoms with Crippen LogP contribution in [0.15, 0.2) is 24.3 Å². The van der Waals surface area contributed by atoms with Crippen molar-refractivity contribution in [3.05, 3.63) is 24.3 Å². The van der Waals surface area contributed by atoms with E-state index in [1.165, 1.54) is 37.7 Å². The van der Waals surface area contributed by atoms with Gasteiger partial charge in [-0.1, -0.05) is 37.6 Å². The fourth-order valence-electron chi connectivity index (χ4n) is 1.81. The predicted molar refractivity (Wildman–Crippen MR) is 55.1 cm³/mol. The third kappa shape index (κ3) is 2.51. The Balaban J connectivity index is 2.20. The summed E-state index contributed by atoms with van der Waals surface area (Å²) in [5.41, 5.74) is 1.94. The molecule has 0 radical (unpaired) electrons. The van der Waals surface area contributed by atoms with Gasteiger partial charge in [0.15, 0.2) is 0 Å². The van der Waals surface area contributed by atoms with Crippen LogP contribution in [0.5, 0.6) is 0 Å². The van der Waals surface area contributed by atoms with Gasteiger partial charge in [-0.25, -0.2) is 0 Å². The second-order valence-corrected chi connectivity index (χ2v) is 4.32. The molecular formula is C12H20. The lowest BCUT2D eigenvalue weighted by Crippen LogP contribution is -2.25. The van der Waals surface area contributed by atoms with Gasteiger partial charge in [0.1, 0.15) is 0 Å². The third-order valence-electron chi connectivity index (χ3n) is 3.01. The lowest BCUT2D eigenvalue weighted by atomic mass is 9.67. The van der Waals surface area contributed by atoms with Crippen molar-refractivity contribution >= 4 is 0 Å². The molecule has 0 heterocycles. The van der Waals surface area contributed by atoms with Gasteiger partial charge in [-0.2, -0.15) is 0 Å². The standard InChI is InChI=1S/C12H20/c1-4-6-11(2)7-10-12(3)8-5-9-12/h4,6H,2,5,7-10H2,1,3H3/b6-4-. The van der Waals surface area contributed by atoms with Crippen LogP contribution in [0.2, 0.25) is 0 Å². The molecule has 0 N–H and O–H groups in total. The first-order valence-corrected chi connectivity index (χ1v) is 4.97. The van der Waals surface area contributed by atoms with Crippen LogP contribution in [0.3, 0.4) is 0 Å². The molecule has 1 saturated carbocycles. The van der Waals surface area contributed by atoms with Crippen LogP contribution in [-0.4, -0.2) is 0 Å². The molecule has 0 bridgehead atoms. The Hall–Kier alpha value is -0.520. The van der Waals surface area contributed by atoms with E-state index in [2.05, 4.69) is 32.6 Å². The topological polar surface area (TPSA) is 0 Å². The third-order valence-corrected chi connectivity index (χ3v) is 3.01. The van der Waals surface area contributed by atoms with Gasteiger partial charge in [0.25, 0.3) is 0 Å². The quantitative estimate of drug-likeness (QED) is 0.549. The summed E-state index contributed by atoms with van der Waals surface area (Å²) < 4.78 is 0. The first-order valence-electron chi connectivity index (χ1n) is 4.97. The minimum absolute atomic E-state index is 0.657. The van der Waals surface area contributed by atoms with Gasteiger partial charge in [0.2, 0.25) is 0 Å². The van der Waals surface area contributed by atoms with Crippen LogP contribution in [0.4, 0.5) is 0 Å². The molecule has 0 atom stereocenters. The average molecular weight is 164 g/mol. The molecule has 0 aromatic rings. The highest BCUT2D eigenvalue weighted by Crippen LogP contribution is 2.44. The number of hydrogen-bond donors (Lipinski definition) is 0. The fourth-order valence-corrected chi connectivity index (χ4v) is 1.81. The van der Waals surface area contributed by atoms with Gasteiger partial charge in [-0.05, 0) is 38.0 Å². The number of hydrogen-bond acceptors (Lipinski definition) is 0. The number of allylic oxidation sites excluding steroid dienone is 3. The second-order valence-electron chi connectivity index (χ2n) is 4.32. The van der Waals surface area contributed by atoms with Crippen molar-refractivity contribution in [2.24, 2.45) is 5.41 Å². The van der Waals surface area contributed by atoms with Crippen molar-refractivity contribution in [1.29, 1.82) is 0 Å². The highest BCUT2D eigenvalue weighted by atomic mass is 14.4. The van der Waals surface area contributed by atoms with E-state index in [1.54, 1.807) is 0 Å². The SMILES string of the molecule is C=C(/C=C\C)CCC1(C)CCC1. The van der Waals surface area contributed by atoms with Crippen molar-refractivity contribution in [1.82, 2.24) is 0 Å². The van der Waals surface area contributed by atoms with Gasteiger partial charge in [0.05, 0.1) is 0 Å². The van der Waals surface area contributed by atoms with Gasteiger partial charge in [-0.15, -0.1) is 0 Å². The summed E-state index contributed by atoms with van der Waals surface area (Å²) >= 11 is 0. The molecule has 1 rings (SSSR count). The van der Waals surface area contributed by atoms with E-state index in [4.69, 9.17) is 0 Å². The van der Waals surface area contributed by atoms with Crippen LogP contribution < -0.4 is 0 Å². The summed E-state index contributed by atoms with van der Waals surface area (Å²) in [7, 11) is 0. The summed E-state index contributed by atoms with van der Waals surface area (Å²) in [6.45, 7) is 8.47. The highest BCUT2D eigenvalue weighted by molar-refractivity contribution is 5.13. The fraction of sp³-hybridized carbons (Fsp3) is 0.667. The van der Waals surface area contributed by atoms with E-state index >= 15 is 0 Å². The van der Waals surface area contributed by atoms with Crippen molar-refractivity contribution in [3.63, 3.8) is 0 Å². The van der Waals surface area contributed by atoms with Crippen molar-refractivity contribution in [3.8, 4) is 0 Å². The van der Waals surface area contributed by atoms with Crippen LogP contribution in [0.1, 0.15) is 46.0 Å². The molecule has 0 heteroatoms.